The zero-order valence-electron chi connectivity index (χ0n) is 13.4. The summed E-state index contributed by atoms with van der Waals surface area (Å²) in [4.78, 5) is 26.0. The zero-order chi connectivity index (χ0) is 17.0. The number of carbonyl (C=O) groups is 2. The Morgan fingerprint density at radius 1 is 1.30 bits per heavy atom. The van der Waals surface area contributed by atoms with E-state index in [1.54, 1.807) is 12.1 Å². The van der Waals surface area contributed by atoms with Gasteiger partial charge in [-0.2, -0.15) is 0 Å². The lowest BCUT2D eigenvalue weighted by molar-refractivity contribution is -1.01. The summed E-state index contributed by atoms with van der Waals surface area (Å²) in [5, 5.41) is 14.7. The van der Waals surface area contributed by atoms with Crippen molar-refractivity contribution in [3.63, 3.8) is 0 Å². The number of likely N-dealkylation sites (N-methyl/N-ethyl adjacent to an activating group) is 1. The van der Waals surface area contributed by atoms with Gasteiger partial charge in [0, 0.05) is 10.7 Å². The van der Waals surface area contributed by atoms with Gasteiger partial charge in [-0.25, -0.2) is 0 Å². The van der Waals surface area contributed by atoms with Crippen molar-refractivity contribution in [2.75, 3.05) is 38.5 Å². The third-order valence-electron chi connectivity index (χ3n) is 4.39. The molecule has 0 bridgehead atoms. The molecule has 1 fully saturated rings. The average molecular weight is 341 g/mol. The summed E-state index contributed by atoms with van der Waals surface area (Å²) in [6.07, 6.45) is -0.0946. The molecule has 1 aromatic carbocycles. The Morgan fingerprint density at radius 2 is 1.96 bits per heavy atom. The quantitative estimate of drug-likeness (QED) is 0.555. The fourth-order valence-corrected chi connectivity index (χ4v) is 3.03. The van der Waals surface area contributed by atoms with Crippen molar-refractivity contribution < 1.29 is 24.5 Å². The van der Waals surface area contributed by atoms with Gasteiger partial charge in [-0.15, -0.1) is 0 Å². The number of carboxylic acid groups (broad SMARTS) is 1. The fourth-order valence-electron chi connectivity index (χ4n) is 2.86. The predicted molar refractivity (Wildman–Crippen MR) is 85.5 cm³/mol. The summed E-state index contributed by atoms with van der Waals surface area (Å²) in [5.74, 6) is -1.50. The van der Waals surface area contributed by atoms with Crippen molar-refractivity contribution in [2.45, 2.75) is 19.4 Å². The molecule has 7 heteroatoms. The van der Waals surface area contributed by atoms with Gasteiger partial charge in [-0.05, 0) is 24.6 Å². The molecule has 1 atom stereocenters. The fraction of sp³-hybridized carbons (Fsp3) is 0.500. The first-order valence-electron chi connectivity index (χ1n) is 7.79. The number of amides is 1. The summed E-state index contributed by atoms with van der Waals surface area (Å²) in [5.41, 5.74) is 1.49. The monoisotopic (exact) mass is 340 g/mol. The number of aliphatic carboxylic acids is 1. The largest absolute Gasteiger partial charge is 0.544 e. The van der Waals surface area contributed by atoms with E-state index in [0.717, 1.165) is 36.6 Å². The van der Waals surface area contributed by atoms with Gasteiger partial charge in [-0.3, -0.25) is 4.79 Å². The first kappa shape index (κ1) is 17.7. The van der Waals surface area contributed by atoms with E-state index in [0.29, 0.717) is 10.7 Å². The van der Waals surface area contributed by atoms with Crippen molar-refractivity contribution >= 4 is 29.2 Å². The number of hydrogen-bond donors (Lipinski definition) is 3. The number of halogens is 1. The van der Waals surface area contributed by atoms with Crippen molar-refractivity contribution in [3.05, 3.63) is 28.8 Å². The zero-order valence-corrected chi connectivity index (χ0v) is 14.2. The van der Waals surface area contributed by atoms with Crippen LogP contribution in [0.3, 0.4) is 0 Å². The molecule has 2 rings (SSSR count). The highest BCUT2D eigenvalue weighted by atomic mass is 35.5. The molecule has 3 N–H and O–H groups in total. The summed E-state index contributed by atoms with van der Waals surface area (Å²) < 4.78 is 0. The van der Waals surface area contributed by atoms with Gasteiger partial charge in [0.25, 0.3) is 0 Å². The van der Waals surface area contributed by atoms with Gasteiger partial charge in [-0.1, -0.05) is 17.7 Å². The minimum Gasteiger partial charge on any atom is -0.544 e. The second-order valence-corrected chi connectivity index (χ2v) is 6.63. The summed E-state index contributed by atoms with van der Waals surface area (Å²) >= 11 is 5.93. The molecule has 1 aliphatic rings. The highest BCUT2D eigenvalue weighted by Gasteiger charge is 2.30. The summed E-state index contributed by atoms with van der Waals surface area (Å²) in [6.45, 7) is 5.11. The van der Waals surface area contributed by atoms with Gasteiger partial charge in [0.2, 0.25) is 5.91 Å². The Morgan fingerprint density at radius 3 is 2.57 bits per heavy atom. The number of carboxylic acids is 1. The van der Waals surface area contributed by atoms with Crippen LogP contribution in [0.25, 0.3) is 0 Å². The maximum Gasteiger partial charge on any atom is 0.230 e. The number of benzene rings is 1. The van der Waals surface area contributed by atoms with Crippen LogP contribution < -0.4 is 20.2 Å². The molecular weight excluding hydrogens is 318 g/mol. The Balaban J connectivity index is 2.00. The molecule has 1 saturated heterocycles. The minimum absolute atomic E-state index is 0.0946. The maximum absolute atomic E-state index is 12.2. The molecule has 1 aliphatic heterocycles. The van der Waals surface area contributed by atoms with Gasteiger partial charge < -0.3 is 25.0 Å². The van der Waals surface area contributed by atoms with Crippen molar-refractivity contribution in [1.82, 2.24) is 0 Å². The normalized spacial score (nSPS) is 22.4. The average Bonchev–Trinajstić information content (AvgIpc) is 2.49. The Hall–Kier alpha value is -1.63. The van der Waals surface area contributed by atoms with Gasteiger partial charge >= 0.3 is 0 Å². The van der Waals surface area contributed by atoms with Crippen LogP contribution in [0.4, 0.5) is 5.69 Å². The van der Waals surface area contributed by atoms with Gasteiger partial charge in [0.05, 0.1) is 19.4 Å². The number of hydrogen-bond acceptors (Lipinski definition) is 3. The molecule has 1 heterocycles. The maximum atomic E-state index is 12.2. The lowest BCUT2D eigenvalue weighted by atomic mass is 10.1. The Kier molecular flexibility index (Phi) is 5.98. The number of anilines is 1. The molecule has 1 amide bonds. The lowest BCUT2D eigenvalue weighted by Crippen LogP contribution is -3.29. The molecule has 0 radical (unpaired) electrons. The van der Waals surface area contributed by atoms with E-state index in [4.69, 9.17) is 11.6 Å². The van der Waals surface area contributed by atoms with Crippen LogP contribution in [0.5, 0.6) is 0 Å². The Labute approximate surface area is 141 Å². The number of aryl methyl sites for hydroxylation is 1. The first-order valence-corrected chi connectivity index (χ1v) is 8.17. The topological polar surface area (TPSA) is 78.1 Å². The molecule has 0 saturated carbocycles. The highest BCUT2D eigenvalue weighted by Crippen LogP contribution is 2.20. The third-order valence-corrected chi connectivity index (χ3v) is 4.62. The summed E-state index contributed by atoms with van der Waals surface area (Å²) in [6, 6.07) is 4.40. The molecule has 126 valence electrons. The van der Waals surface area contributed by atoms with Crippen LogP contribution in [0.2, 0.25) is 5.02 Å². The number of carbonyl (C=O) groups excluding carboxylic acids is 2. The van der Waals surface area contributed by atoms with E-state index >= 15 is 0 Å². The Bertz CT molecular complexity index is 586. The van der Waals surface area contributed by atoms with E-state index in [1.807, 2.05) is 13.0 Å². The van der Waals surface area contributed by atoms with Crippen molar-refractivity contribution in [2.24, 2.45) is 0 Å². The van der Waals surface area contributed by atoms with Crippen molar-refractivity contribution in [3.8, 4) is 0 Å². The van der Waals surface area contributed by atoms with E-state index < -0.39 is 12.0 Å². The number of nitrogens with one attached hydrogen (secondary N) is 3. The first-order chi connectivity index (χ1) is 10.9. The standard InChI is InChI=1S/C16H22ClN3O3/c1-11-3-4-12(17)9-13(11)18-15(21)10-14(16(22)23)20-7-5-19(2)6-8-20/h3-4,9,14H,5-8,10H2,1-2H3,(H,18,21)(H,22,23)/p+1/t14-/m1/s1. The van der Waals surface area contributed by atoms with Crippen LogP contribution >= 0.6 is 11.6 Å². The molecule has 0 aromatic heterocycles. The summed E-state index contributed by atoms with van der Waals surface area (Å²) in [7, 11) is 2.08. The third kappa shape index (κ3) is 4.92. The van der Waals surface area contributed by atoms with Crippen LogP contribution in [-0.4, -0.2) is 51.1 Å². The molecule has 0 spiro atoms. The molecular formula is C16H23ClN3O3+. The molecule has 1 aromatic rings. The number of quaternary nitrogens is 2. The van der Waals surface area contributed by atoms with Gasteiger partial charge in [0.15, 0.2) is 0 Å². The van der Waals surface area contributed by atoms with Crippen molar-refractivity contribution in [1.29, 1.82) is 0 Å². The van der Waals surface area contributed by atoms with Crippen LogP contribution in [0.15, 0.2) is 18.2 Å². The molecule has 0 aliphatic carbocycles. The van der Waals surface area contributed by atoms with Crippen LogP contribution in [0.1, 0.15) is 12.0 Å². The molecule has 0 unspecified atom stereocenters. The second-order valence-electron chi connectivity index (χ2n) is 6.20. The predicted octanol–water partition coefficient (Wildman–Crippen LogP) is -2.49. The van der Waals surface area contributed by atoms with Crippen LogP contribution in [-0.2, 0) is 9.59 Å². The van der Waals surface area contributed by atoms with E-state index in [2.05, 4.69) is 12.4 Å². The van der Waals surface area contributed by atoms with E-state index in [-0.39, 0.29) is 12.3 Å². The van der Waals surface area contributed by atoms with E-state index in [1.165, 1.54) is 4.90 Å². The van der Waals surface area contributed by atoms with E-state index in [9.17, 15) is 14.7 Å². The molecule has 23 heavy (non-hydrogen) atoms. The smallest absolute Gasteiger partial charge is 0.230 e. The highest BCUT2D eigenvalue weighted by molar-refractivity contribution is 6.31. The molecule has 6 nitrogen and oxygen atoms in total. The van der Waals surface area contributed by atoms with Crippen LogP contribution in [0, 0.1) is 6.92 Å². The second kappa shape index (κ2) is 7.77. The lowest BCUT2D eigenvalue weighted by Gasteiger charge is -2.33. The number of piperazine rings is 1. The minimum atomic E-state index is -1.17. The SMILES string of the molecule is Cc1ccc(Cl)cc1NC(=O)C[C@H](C(=O)[O-])[NH+]1CC[NH+](C)CC1. The van der Waals surface area contributed by atoms with Gasteiger partial charge in [0.1, 0.15) is 32.2 Å². The number of rotatable bonds is 5.